The van der Waals surface area contributed by atoms with Crippen molar-refractivity contribution in [3.63, 3.8) is 0 Å². The Balaban J connectivity index is 1.86. The van der Waals surface area contributed by atoms with Gasteiger partial charge in [-0.25, -0.2) is 9.67 Å². The van der Waals surface area contributed by atoms with Crippen LogP contribution < -0.4 is 0 Å². The molecular formula is C29H31Cl2N3O2. The molecule has 7 heteroatoms. The molecule has 4 rings (SSSR count). The number of aliphatic hydroxyl groups is 1. The summed E-state index contributed by atoms with van der Waals surface area (Å²) in [5.74, 6) is 0.00615. The van der Waals surface area contributed by atoms with E-state index in [1.54, 1.807) is 0 Å². The number of nitrogens with zero attached hydrogens (tertiary/aromatic N) is 3. The van der Waals surface area contributed by atoms with Crippen LogP contribution in [0.1, 0.15) is 69.6 Å². The summed E-state index contributed by atoms with van der Waals surface area (Å²) in [7, 11) is 0. The predicted octanol–water partition coefficient (Wildman–Crippen LogP) is 7.16. The third kappa shape index (κ3) is 4.88. The number of hydrogen-bond acceptors (Lipinski definition) is 4. The minimum absolute atomic E-state index is 0.0256. The zero-order chi connectivity index (χ0) is 26.5. The van der Waals surface area contributed by atoms with E-state index >= 15 is 0 Å². The second-order valence-electron chi connectivity index (χ2n) is 11.1. The fourth-order valence-electron chi connectivity index (χ4n) is 4.09. The van der Waals surface area contributed by atoms with E-state index in [1.165, 1.54) is 23.1 Å². The van der Waals surface area contributed by atoms with E-state index < -0.39 is 5.60 Å². The van der Waals surface area contributed by atoms with Crippen LogP contribution in [0.3, 0.4) is 0 Å². The van der Waals surface area contributed by atoms with Gasteiger partial charge in [0.15, 0.2) is 17.2 Å². The first-order chi connectivity index (χ1) is 16.7. The van der Waals surface area contributed by atoms with Crippen LogP contribution in [0.4, 0.5) is 0 Å². The highest BCUT2D eigenvalue weighted by Gasteiger charge is 2.38. The lowest BCUT2D eigenvalue weighted by Gasteiger charge is -2.29. The Bertz CT molecular complexity index is 1300. The molecule has 0 amide bonds. The van der Waals surface area contributed by atoms with Gasteiger partial charge in [0, 0.05) is 0 Å². The maximum Gasteiger partial charge on any atom is 0.192 e. The molecule has 0 saturated carbocycles. The summed E-state index contributed by atoms with van der Waals surface area (Å²) < 4.78 is 1.48. The summed E-state index contributed by atoms with van der Waals surface area (Å²) in [5, 5.41) is 27.0. The van der Waals surface area contributed by atoms with Gasteiger partial charge in [0.05, 0.1) is 15.7 Å². The molecule has 4 aromatic rings. The maximum atomic E-state index is 12.3. The Morgan fingerprint density at radius 1 is 0.694 bits per heavy atom. The number of phenols is 1. The van der Waals surface area contributed by atoms with Crippen molar-refractivity contribution in [3.8, 4) is 11.4 Å². The van der Waals surface area contributed by atoms with E-state index in [0.29, 0.717) is 16.8 Å². The van der Waals surface area contributed by atoms with E-state index in [1.807, 2.05) is 48.5 Å². The Morgan fingerprint density at radius 2 is 1.08 bits per heavy atom. The van der Waals surface area contributed by atoms with Crippen molar-refractivity contribution in [1.82, 2.24) is 14.8 Å². The molecular weight excluding hydrogens is 493 g/mol. The second kappa shape index (κ2) is 9.22. The SMILES string of the molecule is CC(C)(C)c1ccc(C(O)(c2ccc(C(C)(C)C)cc2)c2ncn(-c3cc(Cl)c(O)c(Cl)c3)n2)cc1. The zero-order valence-corrected chi connectivity index (χ0v) is 22.9. The highest BCUT2D eigenvalue weighted by atomic mass is 35.5. The summed E-state index contributed by atoms with van der Waals surface area (Å²) in [5.41, 5.74) is 2.46. The van der Waals surface area contributed by atoms with Crippen LogP contribution in [0.5, 0.6) is 5.75 Å². The normalized spacial score (nSPS) is 12.7. The molecule has 0 aliphatic rings. The number of aromatic nitrogens is 3. The van der Waals surface area contributed by atoms with Crippen LogP contribution in [-0.2, 0) is 16.4 Å². The van der Waals surface area contributed by atoms with E-state index in [9.17, 15) is 10.2 Å². The molecule has 0 unspecified atom stereocenters. The van der Waals surface area contributed by atoms with Gasteiger partial charge in [-0.1, -0.05) is 113 Å². The highest BCUT2D eigenvalue weighted by molar-refractivity contribution is 6.37. The van der Waals surface area contributed by atoms with Gasteiger partial charge < -0.3 is 10.2 Å². The third-order valence-corrected chi connectivity index (χ3v) is 7.00. The molecule has 0 saturated heterocycles. The number of aromatic hydroxyl groups is 1. The molecule has 1 aromatic heterocycles. The van der Waals surface area contributed by atoms with Crippen molar-refractivity contribution >= 4 is 23.2 Å². The fourth-order valence-corrected chi connectivity index (χ4v) is 4.56. The van der Waals surface area contributed by atoms with Gasteiger partial charge in [0.1, 0.15) is 6.33 Å². The van der Waals surface area contributed by atoms with Crippen LogP contribution in [0.2, 0.25) is 10.0 Å². The van der Waals surface area contributed by atoms with Gasteiger partial charge >= 0.3 is 0 Å². The van der Waals surface area contributed by atoms with Crippen LogP contribution in [0.25, 0.3) is 5.69 Å². The molecule has 36 heavy (non-hydrogen) atoms. The van der Waals surface area contributed by atoms with Gasteiger partial charge in [0.2, 0.25) is 0 Å². The molecule has 0 spiro atoms. The van der Waals surface area contributed by atoms with E-state index in [4.69, 9.17) is 23.2 Å². The minimum atomic E-state index is -1.61. The molecule has 2 N–H and O–H groups in total. The monoisotopic (exact) mass is 523 g/mol. The molecule has 0 bridgehead atoms. The van der Waals surface area contributed by atoms with E-state index in [0.717, 1.165) is 11.1 Å². The largest absolute Gasteiger partial charge is 0.505 e. The lowest BCUT2D eigenvalue weighted by atomic mass is 9.80. The van der Waals surface area contributed by atoms with Crippen molar-refractivity contribution in [2.24, 2.45) is 0 Å². The van der Waals surface area contributed by atoms with Gasteiger partial charge in [0.25, 0.3) is 0 Å². The first-order valence-electron chi connectivity index (χ1n) is 11.8. The van der Waals surface area contributed by atoms with E-state index in [-0.39, 0.29) is 32.4 Å². The molecule has 0 aliphatic carbocycles. The smallest absolute Gasteiger partial charge is 0.192 e. The molecule has 188 valence electrons. The maximum absolute atomic E-state index is 12.3. The number of hydrogen-bond donors (Lipinski definition) is 2. The van der Waals surface area contributed by atoms with Gasteiger partial charge in [-0.2, -0.15) is 0 Å². The molecule has 0 radical (unpaired) electrons. The summed E-state index contributed by atoms with van der Waals surface area (Å²) >= 11 is 12.2. The predicted molar refractivity (Wildman–Crippen MR) is 145 cm³/mol. The zero-order valence-electron chi connectivity index (χ0n) is 21.3. The molecule has 1 heterocycles. The Hall–Kier alpha value is -2.86. The first-order valence-corrected chi connectivity index (χ1v) is 12.5. The third-order valence-electron chi connectivity index (χ3n) is 6.42. The van der Waals surface area contributed by atoms with Crippen LogP contribution >= 0.6 is 23.2 Å². The number of halogens is 2. The Morgan fingerprint density at radius 3 is 1.47 bits per heavy atom. The fraction of sp³-hybridized carbons (Fsp3) is 0.310. The van der Waals surface area contributed by atoms with Gasteiger partial charge in [-0.15, -0.1) is 5.10 Å². The Kier molecular flexibility index (Phi) is 6.71. The first kappa shape index (κ1) is 26.2. The molecule has 5 nitrogen and oxygen atoms in total. The molecule has 3 aromatic carbocycles. The lowest BCUT2D eigenvalue weighted by Crippen LogP contribution is -2.31. The van der Waals surface area contributed by atoms with Crippen LogP contribution in [0, 0.1) is 0 Å². The summed E-state index contributed by atoms with van der Waals surface area (Å²) in [6.07, 6.45) is 1.49. The molecule has 0 fully saturated rings. The average Bonchev–Trinajstić information content (AvgIpc) is 3.32. The van der Waals surface area contributed by atoms with Gasteiger partial charge in [-0.05, 0) is 45.2 Å². The van der Waals surface area contributed by atoms with Crippen molar-refractivity contribution in [2.45, 2.75) is 58.0 Å². The van der Waals surface area contributed by atoms with Crippen molar-refractivity contribution in [2.75, 3.05) is 0 Å². The molecule has 0 aliphatic heterocycles. The second-order valence-corrected chi connectivity index (χ2v) is 12.0. The van der Waals surface area contributed by atoms with E-state index in [2.05, 4.69) is 51.6 Å². The van der Waals surface area contributed by atoms with Crippen molar-refractivity contribution in [3.05, 3.63) is 105 Å². The average molecular weight is 524 g/mol. The van der Waals surface area contributed by atoms with Gasteiger partial charge in [-0.3, -0.25) is 0 Å². The minimum Gasteiger partial charge on any atom is -0.505 e. The quantitative estimate of drug-likeness (QED) is 0.297. The summed E-state index contributed by atoms with van der Waals surface area (Å²) in [4.78, 5) is 4.49. The Labute approximate surface area is 222 Å². The lowest BCUT2D eigenvalue weighted by molar-refractivity contribution is 0.115. The highest BCUT2D eigenvalue weighted by Crippen LogP contribution is 2.38. The summed E-state index contributed by atoms with van der Waals surface area (Å²) in [6.45, 7) is 12.9. The topological polar surface area (TPSA) is 71.2 Å². The van der Waals surface area contributed by atoms with Crippen molar-refractivity contribution in [1.29, 1.82) is 0 Å². The van der Waals surface area contributed by atoms with Crippen LogP contribution in [-0.4, -0.2) is 25.0 Å². The van der Waals surface area contributed by atoms with Crippen molar-refractivity contribution < 1.29 is 10.2 Å². The number of benzene rings is 3. The van der Waals surface area contributed by atoms with Crippen LogP contribution in [0.15, 0.2) is 67.0 Å². The number of rotatable bonds is 4. The molecule has 0 atom stereocenters. The number of phenolic OH excluding ortho intramolecular Hbond substituents is 1. The standard InChI is InChI=1S/C29H31Cl2N3O2/c1-27(2,3)18-7-11-20(12-8-18)29(36,21-13-9-19(10-14-21)28(4,5)6)26-32-17-34(33-26)22-15-23(30)25(35)24(31)16-22/h7-17,35-36H,1-6H3. The summed E-state index contributed by atoms with van der Waals surface area (Å²) in [6, 6.07) is 18.9.